The van der Waals surface area contributed by atoms with Gasteiger partial charge in [0.25, 0.3) is 0 Å². The maximum absolute atomic E-state index is 10.9. The third-order valence-electron chi connectivity index (χ3n) is 1.55. The van der Waals surface area contributed by atoms with Crippen LogP contribution in [0.2, 0.25) is 0 Å². The quantitative estimate of drug-likeness (QED) is 0.366. The van der Waals surface area contributed by atoms with Gasteiger partial charge in [0.1, 0.15) is 0 Å². The molecule has 0 aromatic rings. The van der Waals surface area contributed by atoms with Crippen LogP contribution < -0.4 is 5.73 Å². The van der Waals surface area contributed by atoms with Gasteiger partial charge >= 0.3 is 5.97 Å². The number of amides is 1. The Morgan fingerprint density at radius 1 is 1.39 bits per heavy atom. The van der Waals surface area contributed by atoms with Crippen LogP contribution in [0.5, 0.6) is 0 Å². The van der Waals surface area contributed by atoms with E-state index in [9.17, 15) is 9.59 Å². The summed E-state index contributed by atoms with van der Waals surface area (Å²) < 4.78 is 4.96. The Morgan fingerprint density at radius 3 is 1.89 bits per heavy atom. The lowest BCUT2D eigenvalue weighted by Gasteiger charge is -2.19. The summed E-state index contributed by atoms with van der Waals surface area (Å²) in [6.07, 6.45) is 2.33. The van der Waals surface area contributed by atoms with Crippen LogP contribution in [0, 0.1) is 0 Å². The van der Waals surface area contributed by atoms with Gasteiger partial charge < -0.3 is 10.5 Å². The second kappa shape index (κ2) is 13.7. The van der Waals surface area contributed by atoms with Gasteiger partial charge in [-0.2, -0.15) is 0 Å². The number of hydrogen-bond acceptors (Lipinski definition) is 4. The summed E-state index contributed by atoms with van der Waals surface area (Å²) in [5.74, 6) is -0.823. The summed E-state index contributed by atoms with van der Waals surface area (Å²) in [6, 6.07) is 0. The van der Waals surface area contributed by atoms with Crippen molar-refractivity contribution in [2.75, 3.05) is 20.5 Å². The number of nitrogens with two attached hydrogens (primary N) is 1. The van der Waals surface area contributed by atoms with Crippen molar-refractivity contribution in [2.24, 2.45) is 5.73 Å². The normalized spacial score (nSPS) is 9.94. The first-order valence-electron chi connectivity index (χ1n) is 5.05. The molecule has 0 heterocycles. The lowest BCUT2D eigenvalue weighted by molar-refractivity contribution is -0.150. The molecule has 0 radical (unpaired) electrons. The van der Waals surface area contributed by atoms with Crippen molar-refractivity contribution in [3.05, 3.63) is 24.8 Å². The molecule has 0 rings (SSSR count). The van der Waals surface area contributed by atoms with E-state index in [0.717, 1.165) is 6.08 Å². The fourth-order valence-electron chi connectivity index (χ4n) is 0.361. The molecule has 0 spiro atoms. The van der Waals surface area contributed by atoms with E-state index in [0.29, 0.717) is 5.57 Å². The lowest BCUT2D eigenvalue weighted by Crippen LogP contribution is -2.30. The number of alkyl halides is 1. The number of nitrogens with zero attached hydrogens (tertiary/aromatic N) is 1. The number of carbonyl (C=O) groups is 2. The molecule has 0 aromatic carbocycles. The Bertz CT molecular complexity index is 278. The van der Waals surface area contributed by atoms with Crippen LogP contribution in [-0.4, -0.2) is 43.5 Å². The maximum atomic E-state index is 10.9. The van der Waals surface area contributed by atoms with Gasteiger partial charge in [0, 0.05) is 12.0 Å². The zero-order valence-corrected chi connectivity index (χ0v) is 12.5. The van der Waals surface area contributed by atoms with Gasteiger partial charge in [0.05, 0.1) is 0 Å². The lowest BCUT2D eigenvalue weighted by atomic mass is 10.4. The number of carbonyl (C=O) groups excluding carboxylic acids is 2. The van der Waals surface area contributed by atoms with Gasteiger partial charge in [-0.1, -0.05) is 13.2 Å². The Balaban J connectivity index is -0.000000270. The topological polar surface area (TPSA) is 72.6 Å². The van der Waals surface area contributed by atoms with E-state index >= 15 is 0 Å². The molecule has 18 heavy (non-hydrogen) atoms. The van der Waals surface area contributed by atoms with Gasteiger partial charge in [-0.3, -0.25) is 9.69 Å². The van der Waals surface area contributed by atoms with Crippen molar-refractivity contribution in [3.8, 4) is 0 Å². The van der Waals surface area contributed by atoms with Crippen LogP contribution >= 0.6 is 11.6 Å². The van der Waals surface area contributed by atoms with Crippen LogP contribution in [-0.2, 0) is 14.3 Å². The standard InChI is InChI=1S/C8H15NO2.C3H5NO.CH3Cl/c1-6(2)8(10)11-7(3)9(4)5;1-2-3(4)5;1-2/h7H,1H2,2-5H3;2H,1H2,(H2,4,5);1H3. The third kappa shape index (κ3) is 17.1. The van der Waals surface area contributed by atoms with Crippen molar-refractivity contribution in [2.45, 2.75) is 20.1 Å². The molecule has 2 N–H and O–H groups in total. The maximum Gasteiger partial charge on any atom is 0.334 e. The highest BCUT2D eigenvalue weighted by Crippen LogP contribution is 1.99. The summed E-state index contributed by atoms with van der Waals surface area (Å²) in [5, 5.41) is 0. The molecule has 0 aliphatic rings. The molecular formula is C12H23ClN2O3. The molecule has 0 aliphatic carbocycles. The summed E-state index contributed by atoms with van der Waals surface area (Å²) >= 11 is 4.64. The monoisotopic (exact) mass is 278 g/mol. The van der Waals surface area contributed by atoms with E-state index in [1.807, 2.05) is 14.1 Å². The third-order valence-corrected chi connectivity index (χ3v) is 1.55. The number of hydrogen-bond donors (Lipinski definition) is 1. The molecule has 1 atom stereocenters. The molecule has 0 saturated carbocycles. The number of halogens is 1. The molecule has 0 fully saturated rings. The minimum Gasteiger partial charge on any atom is -0.443 e. The van der Waals surface area contributed by atoms with Gasteiger partial charge in [-0.05, 0) is 34.0 Å². The van der Waals surface area contributed by atoms with E-state index in [2.05, 4.69) is 30.5 Å². The van der Waals surface area contributed by atoms with E-state index in [-0.39, 0.29) is 12.2 Å². The van der Waals surface area contributed by atoms with E-state index in [1.54, 1.807) is 18.7 Å². The number of esters is 1. The molecule has 1 unspecified atom stereocenters. The van der Waals surface area contributed by atoms with Gasteiger partial charge in [-0.15, -0.1) is 11.6 Å². The molecule has 6 heteroatoms. The molecule has 0 bridgehead atoms. The van der Waals surface area contributed by atoms with E-state index in [1.165, 1.54) is 6.38 Å². The first-order valence-corrected chi connectivity index (χ1v) is 5.80. The molecular weight excluding hydrogens is 256 g/mol. The average molecular weight is 279 g/mol. The van der Waals surface area contributed by atoms with Crippen molar-refractivity contribution in [1.82, 2.24) is 4.90 Å². The van der Waals surface area contributed by atoms with E-state index in [4.69, 9.17) is 4.74 Å². The van der Waals surface area contributed by atoms with Crippen molar-refractivity contribution >= 4 is 23.5 Å². The van der Waals surface area contributed by atoms with Crippen LogP contribution in [0.25, 0.3) is 0 Å². The summed E-state index contributed by atoms with van der Waals surface area (Å²) in [6.45, 7) is 10.00. The van der Waals surface area contributed by atoms with Crippen LogP contribution in [0.1, 0.15) is 13.8 Å². The Kier molecular flexibility index (Phi) is 16.7. The highest BCUT2D eigenvalue weighted by atomic mass is 35.5. The minimum atomic E-state index is -0.481. The zero-order chi connectivity index (χ0) is 15.3. The highest BCUT2D eigenvalue weighted by Gasteiger charge is 2.10. The molecule has 0 aromatic heterocycles. The van der Waals surface area contributed by atoms with Crippen molar-refractivity contribution in [3.63, 3.8) is 0 Å². The SMILES string of the molecule is C=C(C)C(=O)OC(C)N(C)C.C=CC(N)=O.CCl. The van der Waals surface area contributed by atoms with Crippen LogP contribution in [0.15, 0.2) is 24.8 Å². The zero-order valence-electron chi connectivity index (χ0n) is 11.7. The predicted octanol–water partition coefficient (Wildman–Crippen LogP) is 1.53. The summed E-state index contributed by atoms with van der Waals surface area (Å²) in [7, 11) is 3.69. The second-order valence-electron chi connectivity index (χ2n) is 3.36. The summed E-state index contributed by atoms with van der Waals surface area (Å²) in [4.78, 5) is 22.2. The first-order chi connectivity index (χ1) is 8.22. The predicted molar refractivity (Wildman–Crippen MR) is 75.2 cm³/mol. The molecule has 106 valence electrons. The molecule has 1 amide bonds. The number of ether oxygens (including phenoxy) is 1. The van der Waals surface area contributed by atoms with Crippen molar-refractivity contribution < 1.29 is 14.3 Å². The van der Waals surface area contributed by atoms with Gasteiger partial charge in [0.2, 0.25) is 5.91 Å². The first kappa shape index (κ1) is 21.9. The van der Waals surface area contributed by atoms with Gasteiger partial charge in [0.15, 0.2) is 6.23 Å². The van der Waals surface area contributed by atoms with Gasteiger partial charge in [-0.25, -0.2) is 4.79 Å². The molecule has 0 aliphatic heterocycles. The average Bonchev–Trinajstić information content (AvgIpc) is 2.31. The Morgan fingerprint density at radius 2 is 1.72 bits per heavy atom. The van der Waals surface area contributed by atoms with Crippen LogP contribution in [0.3, 0.4) is 0 Å². The fourth-order valence-corrected chi connectivity index (χ4v) is 0.361. The van der Waals surface area contributed by atoms with Crippen LogP contribution in [0.4, 0.5) is 0 Å². The number of rotatable bonds is 4. The largest absolute Gasteiger partial charge is 0.443 e. The van der Waals surface area contributed by atoms with E-state index < -0.39 is 5.91 Å². The fraction of sp³-hybridized carbons (Fsp3) is 0.500. The van der Waals surface area contributed by atoms with Crippen molar-refractivity contribution in [1.29, 1.82) is 0 Å². The second-order valence-corrected chi connectivity index (χ2v) is 3.36. The Labute approximate surface area is 114 Å². The highest BCUT2D eigenvalue weighted by molar-refractivity contribution is 6.15. The Hall–Kier alpha value is -1.33. The number of primary amides is 1. The molecule has 0 saturated heterocycles. The summed E-state index contributed by atoms with van der Waals surface area (Å²) in [5.41, 5.74) is 4.96. The minimum absolute atomic E-state index is 0.195. The smallest absolute Gasteiger partial charge is 0.334 e. The molecule has 5 nitrogen and oxygen atoms in total.